The summed E-state index contributed by atoms with van der Waals surface area (Å²) in [4.78, 5) is 31.1. The van der Waals surface area contributed by atoms with Crippen LogP contribution in [0.5, 0.6) is 0 Å². The zero-order chi connectivity index (χ0) is 33.3. The maximum atomic E-state index is 14.6. The summed E-state index contributed by atoms with van der Waals surface area (Å²) >= 11 is 1.52. The Hall–Kier alpha value is -4.08. The third-order valence-electron chi connectivity index (χ3n) is 7.81. The number of nitrogens with one attached hydrogen (secondary N) is 1. The van der Waals surface area contributed by atoms with E-state index >= 15 is 0 Å². The van der Waals surface area contributed by atoms with Crippen molar-refractivity contribution in [2.24, 2.45) is 5.92 Å². The number of amides is 2. The van der Waals surface area contributed by atoms with Gasteiger partial charge >= 0.3 is 0 Å². The lowest BCUT2D eigenvalue weighted by Crippen LogP contribution is -2.53. The molecular formula is C37H43N3O4S2. The zero-order valence-corrected chi connectivity index (χ0v) is 28.8. The van der Waals surface area contributed by atoms with Crippen LogP contribution in [0.4, 0.5) is 5.69 Å². The fourth-order valence-corrected chi connectivity index (χ4v) is 6.88. The molecule has 0 saturated carbocycles. The van der Waals surface area contributed by atoms with Crippen LogP contribution in [0.2, 0.25) is 0 Å². The second-order valence-corrected chi connectivity index (χ2v) is 14.6. The van der Waals surface area contributed by atoms with Gasteiger partial charge in [0.1, 0.15) is 12.6 Å². The van der Waals surface area contributed by atoms with Crippen LogP contribution in [0.25, 0.3) is 0 Å². The molecule has 242 valence electrons. The highest BCUT2D eigenvalue weighted by Gasteiger charge is 2.34. The number of aryl methyl sites for hydroxylation is 2. The van der Waals surface area contributed by atoms with Gasteiger partial charge in [-0.1, -0.05) is 86.1 Å². The van der Waals surface area contributed by atoms with Gasteiger partial charge in [-0.3, -0.25) is 13.9 Å². The van der Waals surface area contributed by atoms with Crippen molar-refractivity contribution < 1.29 is 18.0 Å². The van der Waals surface area contributed by atoms with Gasteiger partial charge in [-0.25, -0.2) is 8.42 Å². The highest BCUT2D eigenvalue weighted by Crippen LogP contribution is 2.27. The lowest BCUT2D eigenvalue weighted by Gasteiger charge is -2.34. The van der Waals surface area contributed by atoms with Gasteiger partial charge in [0.05, 0.1) is 10.6 Å². The van der Waals surface area contributed by atoms with Crippen molar-refractivity contribution in [3.05, 3.63) is 125 Å². The number of thioether (sulfide) groups is 1. The highest BCUT2D eigenvalue weighted by atomic mass is 32.2. The minimum absolute atomic E-state index is 0.0830. The minimum Gasteiger partial charge on any atom is -0.354 e. The standard InChI is InChI=1S/C37H43N3O4S2/c1-27(2)24-38-37(42)35(23-30-12-7-6-8-13-30)39(25-31-14-10-9-11-29(31)4)36(41)26-40(32-17-15-28(3)16-18-32)46(43,44)34-21-19-33(45-5)20-22-34/h6-22,27,35H,23-26H2,1-5H3,(H,38,42)/t35-/m1/s1. The number of carbonyl (C=O) groups is 2. The number of benzene rings is 4. The Morgan fingerprint density at radius 2 is 1.46 bits per heavy atom. The molecular weight excluding hydrogens is 615 g/mol. The Kier molecular flexibility index (Phi) is 12.1. The van der Waals surface area contributed by atoms with Crippen molar-refractivity contribution in [3.8, 4) is 0 Å². The van der Waals surface area contributed by atoms with Crippen LogP contribution >= 0.6 is 11.8 Å². The van der Waals surface area contributed by atoms with Crippen LogP contribution in [-0.2, 0) is 32.6 Å². The molecule has 0 aliphatic heterocycles. The molecule has 0 aliphatic rings. The van der Waals surface area contributed by atoms with Crippen LogP contribution in [-0.4, -0.2) is 50.5 Å². The molecule has 0 unspecified atom stereocenters. The van der Waals surface area contributed by atoms with E-state index < -0.39 is 28.5 Å². The number of anilines is 1. The Morgan fingerprint density at radius 3 is 2.07 bits per heavy atom. The quantitative estimate of drug-likeness (QED) is 0.154. The van der Waals surface area contributed by atoms with Crippen molar-refractivity contribution in [2.75, 3.05) is 23.7 Å². The van der Waals surface area contributed by atoms with Gasteiger partial charge in [0, 0.05) is 24.4 Å². The van der Waals surface area contributed by atoms with E-state index in [1.807, 2.05) is 101 Å². The smallest absolute Gasteiger partial charge is 0.264 e. The van der Waals surface area contributed by atoms with Gasteiger partial charge in [-0.15, -0.1) is 11.8 Å². The zero-order valence-electron chi connectivity index (χ0n) is 27.1. The molecule has 0 aliphatic carbocycles. The maximum Gasteiger partial charge on any atom is 0.264 e. The summed E-state index contributed by atoms with van der Waals surface area (Å²) in [5, 5.41) is 3.03. The third-order valence-corrected chi connectivity index (χ3v) is 10.3. The Labute approximate surface area is 278 Å². The summed E-state index contributed by atoms with van der Waals surface area (Å²) in [6.07, 6.45) is 2.20. The van der Waals surface area contributed by atoms with E-state index in [0.29, 0.717) is 12.2 Å². The highest BCUT2D eigenvalue weighted by molar-refractivity contribution is 7.98. The van der Waals surface area contributed by atoms with Crippen molar-refractivity contribution >= 4 is 39.3 Å². The van der Waals surface area contributed by atoms with Crippen molar-refractivity contribution in [1.82, 2.24) is 10.2 Å². The van der Waals surface area contributed by atoms with E-state index in [1.165, 1.54) is 11.8 Å². The molecule has 4 aromatic rings. The Bertz CT molecular complexity index is 1710. The van der Waals surface area contributed by atoms with Crippen LogP contribution in [0.3, 0.4) is 0 Å². The van der Waals surface area contributed by atoms with E-state index in [4.69, 9.17) is 0 Å². The first-order valence-electron chi connectivity index (χ1n) is 15.4. The van der Waals surface area contributed by atoms with E-state index in [1.54, 1.807) is 41.3 Å². The molecule has 0 aromatic heterocycles. The molecule has 9 heteroatoms. The summed E-state index contributed by atoms with van der Waals surface area (Å²) < 4.78 is 29.6. The maximum absolute atomic E-state index is 14.6. The number of carbonyl (C=O) groups excluding carboxylic acids is 2. The first-order valence-corrected chi connectivity index (χ1v) is 18.0. The molecule has 46 heavy (non-hydrogen) atoms. The van der Waals surface area contributed by atoms with Crippen molar-refractivity contribution in [1.29, 1.82) is 0 Å². The molecule has 0 radical (unpaired) electrons. The molecule has 0 bridgehead atoms. The fraction of sp³-hybridized carbons (Fsp3) is 0.297. The predicted octanol–water partition coefficient (Wildman–Crippen LogP) is 6.63. The first kappa shape index (κ1) is 34.8. The molecule has 0 saturated heterocycles. The minimum atomic E-state index is -4.15. The second-order valence-electron chi connectivity index (χ2n) is 11.8. The van der Waals surface area contributed by atoms with Crippen molar-refractivity contribution in [2.45, 2.75) is 56.5 Å². The largest absolute Gasteiger partial charge is 0.354 e. The normalized spacial score (nSPS) is 12.0. The molecule has 4 aromatic carbocycles. The topological polar surface area (TPSA) is 86.8 Å². The molecule has 7 nitrogen and oxygen atoms in total. The van der Waals surface area contributed by atoms with Crippen LogP contribution in [0.1, 0.15) is 36.1 Å². The summed E-state index contributed by atoms with van der Waals surface area (Å²) in [6, 6.07) is 30.1. The average Bonchev–Trinajstić information content (AvgIpc) is 3.05. The summed E-state index contributed by atoms with van der Waals surface area (Å²) in [6.45, 7) is 8.02. The molecule has 0 heterocycles. The third kappa shape index (κ3) is 9.01. The van der Waals surface area contributed by atoms with Crippen molar-refractivity contribution in [3.63, 3.8) is 0 Å². The molecule has 4 rings (SSSR count). The Morgan fingerprint density at radius 1 is 0.826 bits per heavy atom. The van der Waals surface area contributed by atoms with E-state index in [-0.39, 0.29) is 29.7 Å². The number of rotatable bonds is 14. The van der Waals surface area contributed by atoms with Crippen LogP contribution < -0.4 is 9.62 Å². The number of sulfonamides is 1. The van der Waals surface area contributed by atoms with Crippen LogP contribution in [0, 0.1) is 19.8 Å². The second kappa shape index (κ2) is 16.0. The first-order chi connectivity index (χ1) is 22.0. The van der Waals surface area contributed by atoms with Gasteiger partial charge in [0.15, 0.2) is 0 Å². The number of hydrogen-bond donors (Lipinski definition) is 1. The van der Waals surface area contributed by atoms with Gasteiger partial charge in [0.2, 0.25) is 11.8 Å². The summed E-state index contributed by atoms with van der Waals surface area (Å²) in [5.41, 5.74) is 4.07. The van der Waals surface area contributed by atoms with E-state index in [2.05, 4.69) is 5.32 Å². The monoisotopic (exact) mass is 657 g/mol. The predicted molar refractivity (Wildman–Crippen MR) is 187 cm³/mol. The summed E-state index contributed by atoms with van der Waals surface area (Å²) in [5.74, 6) is -0.549. The lowest BCUT2D eigenvalue weighted by atomic mass is 10.0. The van der Waals surface area contributed by atoms with E-state index in [9.17, 15) is 18.0 Å². The SMILES string of the molecule is CSc1ccc(S(=O)(=O)N(CC(=O)N(Cc2ccccc2C)[C@H](Cc2ccccc2)C(=O)NCC(C)C)c2ccc(C)cc2)cc1. The molecule has 0 fully saturated rings. The van der Waals surface area contributed by atoms with Gasteiger partial charge in [-0.05, 0) is 79.1 Å². The average molecular weight is 658 g/mol. The lowest BCUT2D eigenvalue weighted by molar-refractivity contribution is -0.140. The van der Waals surface area contributed by atoms with Crippen LogP contribution in [0.15, 0.2) is 113 Å². The fourth-order valence-electron chi connectivity index (χ4n) is 5.06. The molecule has 2 amide bonds. The van der Waals surface area contributed by atoms with Gasteiger partial charge in [-0.2, -0.15) is 0 Å². The Balaban J connectivity index is 1.80. The van der Waals surface area contributed by atoms with Gasteiger partial charge in [0.25, 0.3) is 10.0 Å². The molecule has 0 spiro atoms. The van der Waals surface area contributed by atoms with Gasteiger partial charge < -0.3 is 10.2 Å². The summed E-state index contributed by atoms with van der Waals surface area (Å²) in [7, 11) is -4.15. The van der Waals surface area contributed by atoms with E-state index in [0.717, 1.165) is 31.5 Å². The molecule has 1 N–H and O–H groups in total. The number of hydrogen-bond acceptors (Lipinski definition) is 5. The number of nitrogens with zero attached hydrogens (tertiary/aromatic N) is 2. The molecule has 1 atom stereocenters.